The van der Waals surface area contributed by atoms with Crippen molar-refractivity contribution in [1.82, 2.24) is 18.8 Å². The number of sulfonamides is 1. The van der Waals surface area contributed by atoms with Gasteiger partial charge in [-0.15, -0.1) is 0 Å². The molecule has 0 saturated carbocycles. The van der Waals surface area contributed by atoms with Gasteiger partial charge in [-0.05, 0) is 31.9 Å². The lowest BCUT2D eigenvalue weighted by atomic mass is 9.78. The van der Waals surface area contributed by atoms with Crippen molar-refractivity contribution in [2.75, 3.05) is 32.8 Å². The van der Waals surface area contributed by atoms with Crippen molar-refractivity contribution in [2.45, 2.75) is 24.7 Å². The summed E-state index contributed by atoms with van der Waals surface area (Å²) in [6.07, 6.45) is 4.28. The zero-order chi connectivity index (χ0) is 22.2. The third-order valence-electron chi connectivity index (χ3n) is 6.06. The standard InChI is InChI=1S/C21H26N4O5S/c1-16(26)12-25-13-21(14-30-18-5-3-4-6-19(18)31(25,28)29)7-9-24(10-8-21)20(27)17-11-22-15-23(17)2/h3-6,11,15H,7-10,12-14H2,1-2H3. The van der Waals surface area contributed by atoms with Gasteiger partial charge in [0.15, 0.2) is 0 Å². The minimum Gasteiger partial charge on any atom is -0.492 e. The van der Waals surface area contributed by atoms with Crippen molar-refractivity contribution in [3.05, 3.63) is 42.5 Å². The molecule has 166 valence electrons. The number of imidazole rings is 1. The quantitative estimate of drug-likeness (QED) is 0.705. The Kier molecular flexibility index (Phi) is 5.61. The third-order valence-corrected chi connectivity index (χ3v) is 7.89. The van der Waals surface area contributed by atoms with Crippen LogP contribution in [0.15, 0.2) is 41.7 Å². The number of rotatable bonds is 3. The molecule has 1 aromatic carbocycles. The lowest BCUT2D eigenvalue weighted by molar-refractivity contribution is -0.117. The monoisotopic (exact) mass is 446 g/mol. The summed E-state index contributed by atoms with van der Waals surface area (Å²) < 4.78 is 35.6. The second-order valence-electron chi connectivity index (χ2n) is 8.39. The van der Waals surface area contributed by atoms with E-state index in [1.165, 1.54) is 17.3 Å². The molecular weight excluding hydrogens is 420 g/mol. The predicted molar refractivity (Wildman–Crippen MR) is 112 cm³/mol. The number of fused-ring (bicyclic) bond motifs is 1. The Morgan fingerprint density at radius 1 is 1.19 bits per heavy atom. The summed E-state index contributed by atoms with van der Waals surface area (Å²) in [6, 6.07) is 6.52. The van der Waals surface area contributed by atoms with Gasteiger partial charge in [0.05, 0.1) is 25.7 Å². The molecule has 0 unspecified atom stereocenters. The third kappa shape index (κ3) is 4.09. The van der Waals surface area contributed by atoms with E-state index in [-0.39, 0.29) is 29.7 Å². The number of nitrogens with zero attached hydrogens (tertiary/aromatic N) is 4. The molecule has 0 atom stereocenters. The van der Waals surface area contributed by atoms with Crippen molar-refractivity contribution in [3.63, 3.8) is 0 Å². The topological polar surface area (TPSA) is 102 Å². The summed E-state index contributed by atoms with van der Waals surface area (Å²) in [5.41, 5.74) is 0.0267. The van der Waals surface area contributed by atoms with Crippen molar-refractivity contribution in [1.29, 1.82) is 0 Å². The molecule has 31 heavy (non-hydrogen) atoms. The molecular formula is C21H26N4O5S. The van der Waals surface area contributed by atoms with Crippen LogP contribution in [0.25, 0.3) is 0 Å². The van der Waals surface area contributed by atoms with Gasteiger partial charge in [0.1, 0.15) is 22.1 Å². The molecule has 2 aromatic rings. The summed E-state index contributed by atoms with van der Waals surface area (Å²) in [5, 5.41) is 0. The molecule has 2 aliphatic rings. The highest BCUT2D eigenvalue weighted by Gasteiger charge is 2.44. The van der Waals surface area contributed by atoms with Crippen LogP contribution in [0.5, 0.6) is 5.75 Å². The second-order valence-corrected chi connectivity index (χ2v) is 10.3. The minimum atomic E-state index is -3.89. The maximum Gasteiger partial charge on any atom is 0.272 e. The number of aryl methyl sites for hydroxylation is 1. The van der Waals surface area contributed by atoms with Gasteiger partial charge in [-0.1, -0.05) is 12.1 Å². The first kappa shape index (κ1) is 21.5. The lowest BCUT2D eigenvalue weighted by Gasteiger charge is -2.44. The molecule has 0 radical (unpaired) electrons. The smallest absolute Gasteiger partial charge is 0.272 e. The van der Waals surface area contributed by atoms with Gasteiger partial charge < -0.3 is 14.2 Å². The first-order valence-electron chi connectivity index (χ1n) is 10.2. The molecule has 1 saturated heterocycles. The number of ketones is 1. The SMILES string of the molecule is CC(=O)CN1CC2(CCN(C(=O)c3cncn3C)CC2)COc2ccccc2S1(=O)=O. The largest absolute Gasteiger partial charge is 0.492 e. The van der Waals surface area contributed by atoms with Gasteiger partial charge in [0.25, 0.3) is 5.91 Å². The van der Waals surface area contributed by atoms with E-state index in [4.69, 9.17) is 4.74 Å². The van der Waals surface area contributed by atoms with Crippen LogP contribution in [0, 0.1) is 5.41 Å². The molecule has 2 aliphatic heterocycles. The van der Waals surface area contributed by atoms with Gasteiger partial charge in [-0.2, -0.15) is 4.31 Å². The van der Waals surface area contributed by atoms with Crippen molar-refractivity contribution in [3.8, 4) is 5.75 Å². The maximum absolute atomic E-state index is 13.3. The molecule has 1 fully saturated rings. The van der Waals surface area contributed by atoms with Crippen LogP contribution in [0.2, 0.25) is 0 Å². The fraction of sp³-hybridized carbons (Fsp3) is 0.476. The van der Waals surface area contributed by atoms with E-state index in [1.807, 2.05) is 0 Å². The predicted octanol–water partition coefficient (Wildman–Crippen LogP) is 1.31. The van der Waals surface area contributed by atoms with Gasteiger partial charge in [-0.3, -0.25) is 9.59 Å². The molecule has 1 amide bonds. The number of likely N-dealkylation sites (tertiary alicyclic amines) is 1. The number of piperidine rings is 1. The molecule has 3 heterocycles. The van der Waals surface area contributed by atoms with E-state index in [9.17, 15) is 18.0 Å². The lowest BCUT2D eigenvalue weighted by Crippen LogP contribution is -2.53. The zero-order valence-electron chi connectivity index (χ0n) is 17.7. The number of hydrogen-bond acceptors (Lipinski definition) is 6. The van der Waals surface area contributed by atoms with Crippen LogP contribution in [0.3, 0.4) is 0 Å². The number of carbonyl (C=O) groups is 2. The van der Waals surface area contributed by atoms with Crippen LogP contribution >= 0.6 is 0 Å². The highest BCUT2D eigenvalue weighted by atomic mass is 32.2. The summed E-state index contributed by atoms with van der Waals surface area (Å²) in [4.78, 5) is 30.6. The van der Waals surface area contributed by atoms with Crippen LogP contribution in [-0.2, 0) is 21.9 Å². The fourth-order valence-electron chi connectivity index (χ4n) is 4.26. The van der Waals surface area contributed by atoms with Gasteiger partial charge in [0.2, 0.25) is 10.0 Å². The Morgan fingerprint density at radius 2 is 1.90 bits per heavy atom. The first-order valence-corrected chi connectivity index (χ1v) is 11.6. The molecule has 9 nitrogen and oxygen atoms in total. The molecule has 10 heteroatoms. The van der Waals surface area contributed by atoms with E-state index in [1.54, 1.807) is 47.2 Å². The molecule has 0 bridgehead atoms. The second kappa shape index (κ2) is 8.08. The van der Waals surface area contributed by atoms with Crippen LogP contribution < -0.4 is 4.74 Å². The fourth-order valence-corrected chi connectivity index (χ4v) is 5.96. The van der Waals surface area contributed by atoms with Crippen molar-refractivity contribution >= 4 is 21.7 Å². The number of ether oxygens (including phenoxy) is 1. The van der Waals surface area contributed by atoms with Crippen LogP contribution in [0.4, 0.5) is 0 Å². The van der Waals surface area contributed by atoms with E-state index >= 15 is 0 Å². The number of para-hydroxylation sites is 1. The molecule has 1 aromatic heterocycles. The van der Waals surface area contributed by atoms with E-state index in [2.05, 4.69) is 4.98 Å². The average molecular weight is 447 g/mol. The highest BCUT2D eigenvalue weighted by Crippen LogP contribution is 2.39. The first-order chi connectivity index (χ1) is 14.7. The van der Waals surface area contributed by atoms with Gasteiger partial charge in [-0.25, -0.2) is 13.4 Å². The van der Waals surface area contributed by atoms with Crippen LogP contribution in [-0.4, -0.2) is 71.7 Å². The molecule has 4 rings (SSSR count). The number of amides is 1. The molecule has 0 aliphatic carbocycles. The van der Waals surface area contributed by atoms with E-state index < -0.39 is 15.4 Å². The van der Waals surface area contributed by atoms with E-state index in [0.29, 0.717) is 44.0 Å². The molecule has 1 spiro atoms. The average Bonchev–Trinajstić information content (AvgIpc) is 3.17. The highest BCUT2D eigenvalue weighted by molar-refractivity contribution is 7.89. The number of Topliss-reactive ketones (excluding diaryl/α,β-unsaturated/α-hetero) is 1. The number of hydrogen-bond donors (Lipinski definition) is 0. The minimum absolute atomic E-state index is 0.0786. The Balaban J connectivity index is 1.60. The number of carbonyl (C=O) groups excluding carboxylic acids is 2. The normalized spacial score (nSPS) is 20.4. The van der Waals surface area contributed by atoms with Crippen molar-refractivity contribution in [2.24, 2.45) is 12.5 Å². The number of benzene rings is 1. The summed E-state index contributed by atoms with van der Waals surface area (Å²) >= 11 is 0. The zero-order valence-corrected chi connectivity index (χ0v) is 18.5. The Bertz CT molecular complexity index is 1100. The summed E-state index contributed by atoms with van der Waals surface area (Å²) in [7, 11) is -2.11. The Morgan fingerprint density at radius 3 is 2.55 bits per heavy atom. The van der Waals surface area contributed by atoms with E-state index in [0.717, 1.165) is 0 Å². The molecule has 0 N–H and O–H groups in total. The Hall–Kier alpha value is -2.72. The van der Waals surface area contributed by atoms with Gasteiger partial charge in [0, 0.05) is 32.1 Å². The van der Waals surface area contributed by atoms with Crippen molar-refractivity contribution < 1.29 is 22.7 Å². The van der Waals surface area contributed by atoms with Crippen LogP contribution in [0.1, 0.15) is 30.3 Å². The van der Waals surface area contributed by atoms with Gasteiger partial charge >= 0.3 is 0 Å². The maximum atomic E-state index is 13.3. The summed E-state index contributed by atoms with van der Waals surface area (Å²) in [6.45, 7) is 2.65. The Labute approximate surface area is 181 Å². The summed E-state index contributed by atoms with van der Waals surface area (Å²) in [5.74, 6) is -0.0230. The number of aromatic nitrogens is 2.